The third-order valence-electron chi connectivity index (χ3n) is 8.60. The standard InChI is InChI=1S/C38H62O5Si2/c1-7-9-11-13-15-17-19-21-31-41-37(39)33-23-27-35(28-24-33)44(3,4)43-45(5,6)36-29-25-34(26-30-36)38(40)42-32-22-20-18-16-14-12-10-8-2/h23-30H,7-22,31-32H2,1-6H3. The molecule has 0 aromatic heterocycles. The van der Waals surface area contributed by atoms with Crippen LogP contribution in [-0.2, 0) is 13.6 Å². The molecule has 0 aliphatic heterocycles. The zero-order valence-corrected chi connectivity index (χ0v) is 31.4. The number of carbonyl (C=O) groups excluding carboxylic acids is 2. The molecule has 5 nitrogen and oxygen atoms in total. The average Bonchev–Trinajstić information content (AvgIpc) is 3.02. The van der Waals surface area contributed by atoms with E-state index in [1.54, 1.807) is 0 Å². The Morgan fingerprint density at radius 2 is 0.756 bits per heavy atom. The fraction of sp³-hybridized carbons (Fsp3) is 0.632. The summed E-state index contributed by atoms with van der Waals surface area (Å²) in [5.74, 6) is -0.507. The number of ether oxygens (including phenoxy) is 2. The van der Waals surface area contributed by atoms with E-state index < -0.39 is 16.6 Å². The molecule has 0 aliphatic rings. The first-order valence-electron chi connectivity index (χ1n) is 17.9. The van der Waals surface area contributed by atoms with Gasteiger partial charge >= 0.3 is 11.9 Å². The molecule has 0 saturated carbocycles. The molecule has 45 heavy (non-hydrogen) atoms. The van der Waals surface area contributed by atoms with Crippen molar-refractivity contribution in [2.75, 3.05) is 13.2 Å². The molecule has 2 rings (SSSR count). The van der Waals surface area contributed by atoms with E-state index in [-0.39, 0.29) is 11.9 Å². The Kier molecular flexibility index (Phi) is 18.7. The normalized spacial score (nSPS) is 11.9. The molecular weight excluding hydrogens is 593 g/mol. The Morgan fingerprint density at radius 1 is 0.467 bits per heavy atom. The van der Waals surface area contributed by atoms with E-state index in [0.29, 0.717) is 24.3 Å². The summed E-state index contributed by atoms with van der Waals surface area (Å²) < 4.78 is 18.0. The molecule has 0 bridgehead atoms. The average molecular weight is 655 g/mol. The van der Waals surface area contributed by atoms with Crippen LogP contribution in [-0.4, -0.2) is 41.8 Å². The molecule has 0 heterocycles. The molecule has 0 atom stereocenters. The van der Waals surface area contributed by atoms with Gasteiger partial charge < -0.3 is 13.6 Å². The van der Waals surface area contributed by atoms with Crippen LogP contribution in [0.4, 0.5) is 0 Å². The fourth-order valence-corrected chi connectivity index (χ4v) is 13.7. The quantitative estimate of drug-likeness (QED) is 0.0641. The first-order valence-corrected chi connectivity index (χ1v) is 23.7. The number of benzene rings is 2. The number of esters is 2. The van der Waals surface area contributed by atoms with Crippen molar-refractivity contribution in [3.63, 3.8) is 0 Å². The molecule has 2 aromatic carbocycles. The minimum atomic E-state index is -2.26. The maximum Gasteiger partial charge on any atom is 0.338 e. The van der Waals surface area contributed by atoms with Gasteiger partial charge in [-0.3, -0.25) is 0 Å². The van der Waals surface area contributed by atoms with E-state index in [9.17, 15) is 9.59 Å². The Balaban J connectivity index is 1.78. The van der Waals surface area contributed by atoms with Crippen LogP contribution in [0.1, 0.15) is 137 Å². The third kappa shape index (κ3) is 15.3. The van der Waals surface area contributed by atoms with Crippen LogP contribution in [0.15, 0.2) is 48.5 Å². The van der Waals surface area contributed by atoms with E-state index in [1.807, 2.05) is 48.5 Å². The van der Waals surface area contributed by atoms with Crippen molar-refractivity contribution in [1.29, 1.82) is 0 Å². The van der Waals surface area contributed by atoms with E-state index in [1.165, 1.54) is 77.0 Å². The van der Waals surface area contributed by atoms with Gasteiger partial charge in [0.1, 0.15) is 0 Å². The van der Waals surface area contributed by atoms with Crippen molar-refractivity contribution in [2.24, 2.45) is 0 Å². The molecule has 0 unspecified atom stereocenters. The number of rotatable bonds is 24. The number of carbonyl (C=O) groups is 2. The van der Waals surface area contributed by atoms with Gasteiger partial charge in [0.2, 0.25) is 16.6 Å². The van der Waals surface area contributed by atoms with Gasteiger partial charge in [0.15, 0.2) is 0 Å². The first kappa shape index (κ1) is 39.0. The largest absolute Gasteiger partial charge is 0.462 e. The van der Waals surface area contributed by atoms with Crippen LogP contribution >= 0.6 is 0 Å². The zero-order chi connectivity index (χ0) is 33.0. The molecule has 0 fully saturated rings. The Labute approximate surface area is 277 Å². The number of hydrogen-bond acceptors (Lipinski definition) is 5. The minimum Gasteiger partial charge on any atom is -0.462 e. The van der Waals surface area contributed by atoms with Crippen LogP contribution in [0, 0.1) is 0 Å². The molecule has 0 saturated heterocycles. The third-order valence-corrected chi connectivity index (χ3v) is 16.1. The maximum absolute atomic E-state index is 12.6. The highest BCUT2D eigenvalue weighted by Crippen LogP contribution is 2.17. The SMILES string of the molecule is CCCCCCCCCCOC(=O)c1ccc([Si](C)(C)O[Si](C)(C)c2ccc(C(=O)OCCCCCCCCCC)cc2)cc1. The second kappa shape index (κ2) is 21.5. The molecule has 0 amide bonds. The molecular formula is C38H62O5Si2. The number of hydrogen-bond donors (Lipinski definition) is 0. The highest BCUT2D eigenvalue weighted by atomic mass is 28.4. The highest BCUT2D eigenvalue weighted by molar-refractivity contribution is 6.96. The lowest BCUT2D eigenvalue weighted by atomic mass is 10.1. The summed E-state index contributed by atoms with van der Waals surface area (Å²) in [5, 5.41) is 2.28. The van der Waals surface area contributed by atoms with Crippen molar-refractivity contribution in [3.05, 3.63) is 59.7 Å². The summed E-state index contributed by atoms with van der Waals surface area (Å²) in [4.78, 5) is 25.1. The van der Waals surface area contributed by atoms with Crippen molar-refractivity contribution in [2.45, 2.75) is 143 Å². The predicted molar refractivity (Wildman–Crippen MR) is 194 cm³/mol. The highest BCUT2D eigenvalue weighted by Gasteiger charge is 2.36. The van der Waals surface area contributed by atoms with Gasteiger partial charge in [-0.25, -0.2) is 9.59 Å². The fourth-order valence-electron chi connectivity index (χ4n) is 5.74. The number of unbranched alkanes of at least 4 members (excludes halogenated alkanes) is 14. The lowest BCUT2D eigenvalue weighted by Crippen LogP contribution is -2.57. The summed E-state index contributed by atoms with van der Waals surface area (Å²) in [6.45, 7) is 14.2. The monoisotopic (exact) mass is 654 g/mol. The molecule has 0 N–H and O–H groups in total. The van der Waals surface area contributed by atoms with Gasteiger partial charge in [0.25, 0.3) is 0 Å². The lowest BCUT2D eigenvalue weighted by molar-refractivity contribution is 0.0488. The Morgan fingerprint density at radius 3 is 1.07 bits per heavy atom. The van der Waals surface area contributed by atoms with E-state index in [0.717, 1.165) is 36.1 Å². The summed E-state index contributed by atoms with van der Waals surface area (Å²) >= 11 is 0. The van der Waals surface area contributed by atoms with E-state index in [4.69, 9.17) is 13.6 Å². The lowest BCUT2D eigenvalue weighted by Gasteiger charge is -2.34. The molecule has 252 valence electrons. The van der Waals surface area contributed by atoms with Gasteiger partial charge in [-0.15, -0.1) is 0 Å². The second-order valence-electron chi connectivity index (χ2n) is 13.5. The van der Waals surface area contributed by atoms with Crippen molar-refractivity contribution in [3.8, 4) is 0 Å². The zero-order valence-electron chi connectivity index (χ0n) is 29.4. The van der Waals surface area contributed by atoms with Crippen LogP contribution in [0.25, 0.3) is 0 Å². The van der Waals surface area contributed by atoms with Gasteiger partial charge in [-0.05, 0) is 73.7 Å². The van der Waals surface area contributed by atoms with Crippen LogP contribution < -0.4 is 10.4 Å². The van der Waals surface area contributed by atoms with Crippen molar-refractivity contribution < 1.29 is 23.2 Å². The summed E-state index contributed by atoms with van der Waals surface area (Å²) in [5.41, 5.74) is 1.18. The summed E-state index contributed by atoms with van der Waals surface area (Å²) in [7, 11) is -4.53. The van der Waals surface area contributed by atoms with Crippen LogP contribution in [0.2, 0.25) is 26.2 Å². The Hall–Kier alpha value is -2.23. The smallest absolute Gasteiger partial charge is 0.338 e. The maximum atomic E-state index is 12.6. The molecule has 7 heteroatoms. The molecule has 0 radical (unpaired) electrons. The molecule has 0 aliphatic carbocycles. The van der Waals surface area contributed by atoms with Gasteiger partial charge in [0, 0.05) is 0 Å². The minimum absolute atomic E-state index is 0.254. The second-order valence-corrected chi connectivity index (χ2v) is 21.5. The topological polar surface area (TPSA) is 61.8 Å². The first-order chi connectivity index (χ1) is 21.6. The van der Waals surface area contributed by atoms with Crippen LogP contribution in [0.5, 0.6) is 0 Å². The van der Waals surface area contributed by atoms with E-state index in [2.05, 4.69) is 40.0 Å². The van der Waals surface area contributed by atoms with Crippen molar-refractivity contribution >= 4 is 38.9 Å². The van der Waals surface area contributed by atoms with E-state index >= 15 is 0 Å². The van der Waals surface area contributed by atoms with Gasteiger partial charge in [-0.1, -0.05) is 128 Å². The molecule has 2 aromatic rings. The van der Waals surface area contributed by atoms with Crippen molar-refractivity contribution in [1.82, 2.24) is 0 Å². The molecule has 0 spiro atoms. The van der Waals surface area contributed by atoms with Gasteiger partial charge in [-0.2, -0.15) is 0 Å². The summed E-state index contributed by atoms with van der Waals surface area (Å²) in [6.07, 6.45) is 19.5. The van der Waals surface area contributed by atoms with Gasteiger partial charge in [0.05, 0.1) is 24.3 Å². The summed E-state index contributed by atoms with van der Waals surface area (Å²) in [6, 6.07) is 15.6. The predicted octanol–water partition coefficient (Wildman–Crippen LogP) is 9.82. The Bertz CT molecular complexity index is 1010. The van der Waals surface area contributed by atoms with Crippen LogP contribution in [0.3, 0.4) is 0 Å².